The molecule has 2 N–H and O–H groups in total. The van der Waals surface area contributed by atoms with Crippen molar-refractivity contribution in [2.45, 2.75) is 18.7 Å². The Hall–Kier alpha value is -1.86. The van der Waals surface area contributed by atoms with Gasteiger partial charge in [0, 0.05) is 4.47 Å². The van der Waals surface area contributed by atoms with Gasteiger partial charge in [-0.1, -0.05) is 28.1 Å². The van der Waals surface area contributed by atoms with E-state index in [9.17, 15) is 13.2 Å². The standard InChI is InChI=1S/C15H14BrNO4S/c1-9-6-10(2)14(8-13(9)16)17-22(20,21)12-5-3-4-11(7-12)15(18)19/h3-8,17H,1-2H3,(H,18,19). The number of carbonyl (C=O) groups is 1. The molecule has 0 aliphatic carbocycles. The number of carboxylic acid groups (broad SMARTS) is 1. The van der Waals surface area contributed by atoms with Gasteiger partial charge in [0.25, 0.3) is 10.0 Å². The zero-order valence-electron chi connectivity index (χ0n) is 11.9. The second-order valence-corrected chi connectivity index (χ2v) is 7.39. The molecule has 0 bridgehead atoms. The van der Waals surface area contributed by atoms with E-state index in [0.29, 0.717) is 5.69 Å². The second-order valence-electron chi connectivity index (χ2n) is 4.85. The van der Waals surface area contributed by atoms with Gasteiger partial charge in [-0.15, -0.1) is 0 Å². The second kappa shape index (κ2) is 6.10. The normalized spacial score (nSPS) is 11.2. The van der Waals surface area contributed by atoms with Gasteiger partial charge in [0.05, 0.1) is 16.1 Å². The number of sulfonamides is 1. The SMILES string of the molecule is Cc1cc(C)c(NS(=O)(=O)c2cccc(C(=O)O)c2)cc1Br. The number of rotatable bonds is 4. The number of aryl methyl sites for hydroxylation is 2. The molecule has 0 atom stereocenters. The van der Waals surface area contributed by atoms with Gasteiger partial charge in [-0.3, -0.25) is 4.72 Å². The maximum Gasteiger partial charge on any atom is 0.335 e. The molecule has 0 saturated carbocycles. The van der Waals surface area contributed by atoms with Crippen molar-refractivity contribution in [2.75, 3.05) is 4.72 Å². The van der Waals surface area contributed by atoms with E-state index in [1.54, 1.807) is 13.0 Å². The van der Waals surface area contributed by atoms with Crippen molar-refractivity contribution in [3.8, 4) is 0 Å². The Kier molecular flexibility index (Phi) is 4.58. The fourth-order valence-corrected chi connectivity index (χ4v) is 3.45. The summed E-state index contributed by atoms with van der Waals surface area (Å²) < 4.78 is 28.1. The number of hydrogen-bond acceptors (Lipinski definition) is 3. The first-order valence-electron chi connectivity index (χ1n) is 6.33. The molecule has 2 aromatic rings. The summed E-state index contributed by atoms with van der Waals surface area (Å²) in [6.45, 7) is 3.71. The molecule has 7 heteroatoms. The number of aromatic carboxylic acids is 1. The third kappa shape index (κ3) is 3.48. The van der Waals surface area contributed by atoms with Gasteiger partial charge in [-0.25, -0.2) is 13.2 Å². The fraction of sp³-hybridized carbons (Fsp3) is 0.133. The van der Waals surface area contributed by atoms with Gasteiger partial charge in [-0.2, -0.15) is 0 Å². The van der Waals surface area contributed by atoms with Crippen molar-refractivity contribution in [1.29, 1.82) is 0 Å². The number of carboxylic acids is 1. The van der Waals surface area contributed by atoms with Crippen molar-refractivity contribution in [2.24, 2.45) is 0 Å². The molecule has 0 radical (unpaired) electrons. The van der Waals surface area contributed by atoms with Gasteiger partial charge >= 0.3 is 5.97 Å². The van der Waals surface area contributed by atoms with E-state index in [4.69, 9.17) is 5.11 Å². The van der Waals surface area contributed by atoms with Gasteiger partial charge in [0.1, 0.15) is 0 Å². The smallest absolute Gasteiger partial charge is 0.335 e. The monoisotopic (exact) mass is 383 g/mol. The molecule has 0 saturated heterocycles. The molecular formula is C15H14BrNO4S. The maximum atomic E-state index is 12.4. The molecule has 0 spiro atoms. The van der Waals surface area contributed by atoms with Crippen LogP contribution in [-0.2, 0) is 10.0 Å². The summed E-state index contributed by atoms with van der Waals surface area (Å²) in [4.78, 5) is 10.9. The van der Waals surface area contributed by atoms with Crippen LogP contribution in [0.25, 0.3) is 0 Å². The van der Waals surface area contributed by atoms with Crippen LogP contribution in [0.2, 0.25) is 0 Å². The van der Waals surface area contributed by atoms with Crippen molar-refractivity contribution in [1.82, 2.24) is 0 Å². The number of halogens is 1. The lowest BCUT2D eigenvalue weighted by molar-refractivity contribution is 0.0696. The average molecular weight is 384 g/mol. The first kappa shape index (κ1) is 16.5. The van der Waals surface area contributed by atoms with E-state index >= 15 is 0 Å². The summed E-state index contributed by atoms with van der Waals surface area (Å²) in [7, 11) is -3.86. The van der Waals surface area contributed by atoms with Gasteiger partial charge in [-0.05, 0) is 49.2 Å². The first-order chi connectivity index (χ1) is 10.2. The number of nitrogens with one attached hydrogen (secondary N) is 1. The first-order valence-corrected chi connectivity index (χ1v) is 8.61. The summed E-state index contributed by atoms with van der Waals surface area (Å²) in [5.74, 6) is -1.17. The van der Waals surface area contributed by atoms with Crippen LogP contribution < -0.4 is 4.72 Å². The summed E-state index contributed by atoms with van der Waals surface area (Å²) in [5, 5.41) is 8.95. The molecule has 0 amide bonds. The maximum absolute atomic E-state index is 12.4. The molecule has 2 rings (SSSR count). The minimum Gasteiger partial charge on any atom is -0.478 e. The number of benzene rings is 2. The molecular weight excluding hydrogens is 370 g/mol. The third-order valence-corrected chi connectivity index (χ3v) is 5.36. The van der Waals surface area contributed by atoms with E-state index in [1.807, 2.05) is 13.0 Å². The van der Waals surface area contributed by atoms with Gasteiger partial charge in [0.15, 0.2) is 0 Å². The van der Waals surface area contributed by atoms with E-state index < -0.39 is 16.0 Å². The third-order valence-electron chi connectivity index (χ3n) is 3.14. The molecule has 22 heavy (non-hydrogen) atoms. The lowest BCUT2D eigenvalue weighted by Crippen LogP contribution is -2.14. The van der Waals surface area contributed by atoms with Crippen LogP contribution in [0, 0.1) is 13.8 Å². The van der Waals surface area contributed by atoms with Crippen LogP contribution in [0.5, 0.6) is 0 Å². The largest absolute Gasteiger partial charge is 0.478 e. The minimum atomic E-state index is -3.86. The highest BCUT2D eigenvalue weighted by atomic mass is 79.9. The average Bonchev–Trinajstić information content (AvgIpc) is 2.44. The molecule has 2 aromatic carbocycles. The molecule has 0 aromatic heterocycles. The lowest BCUT2D eigenvalue weighted by Gasteiger charge is -2.12. The quantitative estimate of drug-likeness (QED) is 0.844. The van der Waals surface area contributed by atoms with E-state index in [-0.39, 0.29) is 10.5 Å². The van der Waals surface area contributed by atoms with Crippen molar-refractivity contribution < 1.29 is 18.3 Å². The molecule has 0 fully saturated rings. The molecule has 5 nitrogen and oxygen atoms in total. The Morgan fingerprint density at radius 3 is 2.45 bits per heavy atom. The topological polar surface area (TPSA) is 83.5 Å². The Bertz CT molecular complexity index is 847. The van der Waals surface area contributed by atoms with Crippen LogP contribution in [0.15, 0.2) is 45.8 Å². The Balaban J connectivity index is 2.42. The van der Waals surface area contributed by atoms with Crippen LogP contribution in [-0.4, -0.2) is 19.5 Å². The predicted molar refractivity (Wildman–Crippen MR) is 87.8 cm³/mol. The molecule has 116 valence electrons. The van der Waals surface area contributed by atoms with E-state index in [0.717, 1.165) is 21.7 Å². The Morgan fingerprint density at radius 1 is 1.14 bits per heavy atom. The molecule has 0 heterocycles. The summed E-state index contributed by atoms with van der Waals surface area (Å²) >= 11 is 3.36. The Morgan fingerprint density at radius 2 is 1.82 bits per heavy atom. The van der Waals surface area contributed by atoms with Crippen molar-refractivity contribution in [3.63, 3.8) is 0 Å². The highest BCUT2D eigenvalue weighted by Crippen LogP contribution is 2.27. The summed E-state index contributed by atoms with van der Waals surface area (Å²) in [6, 6.07) is 8.76. The lowest BCUT2D eigenvalue weighted by atomic mass is 10.1. The van der Waals surface area contributed by atoms with Crippen molar-refractivity contribution >= 4 is 37.6 Å². The minimum absolute atomic E-state index is 0.0790. The highest BCUT2D eigenvalue weighted by Gasteiger charge is 2.17. The van der Waals surface area contributed by atoms with Crippen LogP contribution >= 0.6 is 15.9 Å². The van der Waals surface area contributed by atoms with Gasteiger partial charge < -0.3 is 5.11 Å². The van der Waals surface area contributed by atoms with Crippen LogP contribution in [0.1, 0.15) is 21.5 Å². The number of hydrogen-bond donors (Lipinski definition) is 2. The Labute approximate surface area is 137 Å². The molecule has 0 aliphatic rings. The summed E-state index contributed by atoms with van der Waals surface area (Å²) in [6.07, 6.45) is 0. The summed E-state index contributed by atoms with van der Waals surface area (Å²) in [5.41, 5.74) is 2.13. The van der Waals surface area contributed by atoms with Crippen LogP contribution in [0.3, 0.4) is 0 Å². The predicted octanol–water partition coefficient (Wildman–Crippen LogP) is 3.56. The highest BCUT2D eigenvalue weighted by molar-refractivity contribution is 9.10. The molecule has 0 aliphatic heterocycles. The fourth-order valence-electron chi connectivity index (χ4n) is 1.94. The van der Waals surface area contributed by atoms with E-state index in [1.165, 1.54) is 18.2 Å². The number of anilines is 1. The van der Waals surface area contributed by atoms with E-state index in [2.05, 4.69) is 20.7 Å². The van der Waals surface area contributed by atoms with Crippen LogP contribution in [0.4, 0.5) is 5.69 Å². The zero-order chi connectivity index (χ0) is 16.5. The van der Waals surface area contributed by atoms with Crippen molar-refractivity contribution in [3.05, 3.63) is 57.6 Å². The molecule has 0 unspecified atom stereocenters. The zero-order valence-corrected chi connectivity index (χ0v) is 14.3. The van der Waals surface area contributed by atoms with Gasteiger partial charge in [0.2, 0.25) is 0 Å².